The zero-order valence-electron chi connectivity index (χ0n) is 19.7. The van der Waals surface area contributed by atoms with E-state index >= 15 is 0 Å². The highest BCUT2D eigenvalue weighted by molar-refractivity contribution is 6.25. The number of Topliss-reactive ketones (excluding diaryl/α,β-unsaturated/α-hetero) is 1. The van der Waals surface area contributed by atoms with Gasteiger partial charge in [-0.05, 0) is 36.8 Å². The van der Waals surface area contributed by atoms with Gasteiger partial charge in [0.25, 0.3) is 5.69 Å². The number of anilines is 1. The average Bonchev–Trinajstić information content (AvgIpc) is 3.35. The number of ketones is 1. The van der Waals surface area contributed by atoms with Crippen LogP contribution in [0.15, 0.2) is 53.7 Å². The Kier molecular flexibility index (Phi) is 5.54. The number of methoxy groups -OCH3 is 2. The number of aryl methyl sites for hydroxylation is 1. The topological polar surface area (TPSA) is 132 Å². The molecule has 36 heavy (non-hydrogen) atoms. The van der Waals surface area contributed by atoms with Gasteiger partial charge in [0.1, 0.15) is 6.04 Å². The van der Waals surface area contributed by atoms with Crippen LogP contribution in [0.5, 0.6) is 11.5 Å². The SMILES string of the molecule is COc1ccc(C(=O)[C@@H]2[C@@H]3C(=O)N(c4cc([N+](=O)[O-])ccc4C)C(=O)[C@H]3[C@@H]3C=CC=NN23)cc1OC. The molecule has 2 aromatic carbocycles. The fourth-order valence-corrected chi connectivity index (χ4v) is 5.19. The number of hydrogen-bond donors (Lipinski definition) is 0. The molecule has 4 atom stereocenters. The molecule has 0 unspecified atom stereocenters. The maximum Gasteiger partial charge on any atom is 0.271 e. The molecule has 184 valence electrons. The Labute approximate surface area is 205 Å². The highest BCUT2D eigenvalue weighted by Gasteiger charge is 2.64. The predicted octanol–water partition coefficient (Wildman–Crippen LogP) is 2.52. The molecule has 0 N–H and O–H groups in total. The van der Waals surface area contributed by atoms with Crippen LogP contribution < -0.4 is 14.4 Å². The molecule has 0 aliphatic carbocycles. The summed E-state index contributed by atoms with van der Waals surface area (Å²) in [5.74, 6) is -2.63. The standard InChI is InChI=1S/C25H22N4O7/c1-13-6-8-15(29(33)34)12-17(13)27-24(31)20-16-5-4-10-26-28(16)22(21(20)25(27)32)23(30)14-7-9-18(35-2)19(11-14)36-3/h4-12,16,20-22H,1-3H3/t16-,20-,21+,22-/m0/s1. The Morgan fingerprint density at radius 1 is 1.03 bits per heavy atom. The van der Waals surface area contributed by atoms with E-state index in [0.717, 1.165) is 4.90 Å². The first-order valence-corrected chi connectivity index (χ1v) is 11.2. The van der Waals surface area contributed by atoms with E-state index in [4.69, 9.17) is 9.47 Å². The number of non-ortho nitro benzene ring substituents is 1. The van der Waals surface area contributed by atoms with Crippen molar-refractivity contribution in [3.05, 3.63) is 69.8 Å². The number of nitrogens with zero attached hydrogens (tertiary/aromatic N) is 4. The molecule has 3 aliphatic rings. The normalized spacial score (nSPS) is 24.1. The van der Waals surface area contributed by atoms with Crippen molar-refractivity contribution in [1.29, 1.82) is 0 Å². The van der Waals surface area contributed by atoms with Crippen molar-refractivity contribution >= 4 is 35.2 Å². The number of nitro benzene ring substituents is 1. The molecule has 0 saturated carbocycles. The Bertz CT molecular complexity index is 1370. The molecular weight excluding hydrogens is 468 g/mol. The second-order valence-corrected chi connectivity index (χ2v) is 8.69. The summed E-state index contributed by atoms with van der Waals surface area (Å²) in [6, 6.07) is 7.03. The van der Waals surface area contributed by atoms with E-state index in [-0.39, 0.29) is 16.9 Å². The summed E-state index contributed by atoms with van der Waals surface area (Å²) in [6.45, 7) is 1.66. The van der Waals surface area contributed by atoms with Crippen LogP contribution in [0.3, 0.4) is 0 Å². The van der Waals surface area contributed by atoms with Gasteiger partial charge in [0.05, 0.1) is 42.7 Å². The number of amides is 2. The quantitative estimate of drug-likeness (QED) is 0.261. The number of imide groups is 1. The lowest BCUT2D eigenvalue weighted by Gasteiger charge is -2.30. The van der Waals surface area contributed by atoms with Crippen LogP contribution in [0.4, 0.5) is 11.4 Å². The summed E-state index contributed by atoms with van der Waals surface area (Å²) in [5.41, 5.74) is 0.696. The third-order valence-corrected chi connectivity index (χ3v) is 6.87. The monoisotopic (exact) mass is 490 g/mol. The van der Waals surface area contributed by atoms with Crippen LogP contribution in [0.2, 0.25) is 0 Å². The number of ether oxygens (including phenoxy) is 2. The second kappa shape index (κ2) is 8.59. The number of allylic oxidation sites excluding steroid dienone is 1. The number of hydrogen-bond acceptors (Lipinski definition) is 9. The summed E-state index contributed by atoms with van der Waals surface area (Å²) in [6.07, 6.45) is 4.91. The summed E-state index contributed by atoms with van der Waals surface area (Å²) in [4.78, 5) is 53.0. The highest BCUT2D eigenvalue weighted by atomic mass is 16.6. The van der Waals surface area contributed by atoms with Crippen LogP contribution in [0, 0.1) is 28.9 Å². The maximum atomic E-state index is 13.8. The minimum absolute atomic E-state index is 0.140. The number of benzene rings is 2. The van der Waals surface area contributed by atoms with Crippen molar-refractivity contribution in [2.45, 2.75) is 19.0 Å². The molecule has 2 aromatic rings. The Morgan fingerprint density at radius 2 is 1.75 bits per heavy atom. The lowest BCUT2D eigenvalue weighted by molar-refractivity contribution is -0.384. The molecule has 0 aromatic heterocycles. The van der Waals surface area contributed by atoms with Gasteiger partial charge in [-0.2, -0.15) is 5.10 Å². The lowest BCUT2D eigenvalue weighted by atomic mass is 9.86. The minimum atomic E-state index is -1.06. The third kappa shape index (κ3) is 3.35. The molecule has 3 aliphatic heterocycles. The van der Waals surface area contributed by atoms with Crippen LogP contribution >= 0.6 is 0 Å². The molecule has 2 saturated heterocycles. The molecule has 0 spiro atoms. The molecular formula is C25H22N4O7. The zero-order valence-corrected chi connectivity index (χ0v) is 19.7. The van der Waals surface area contributed by atoms with Crippen LogP contribution in [-0.2, 0) is 9.59 Å². The summed E-state index contributed by atoms with van der Waals surface area (Å²) in [5, 5.41) is 17.2. The highest BCUT2D eigenvalue weighted by Crippen LogP contribution is 2.47. The summed E-state index contributed by atoms with van der Waals surface area (Å²) < 4.78 is 10.6. The van der Waals surface area contributed by atoms with Crippen LogP contribution in [-0.4, -0.2) is 60.0 Å². The van der Waals surface area contributed by atoms with E-state index in [1.807, 2.05) is 0 Å². The van der Waals surface area contributed by atoms with Crippen molar-refractivity contribution in [3.8, 4) is 11.5 Å². The van der Waals surface area contributed by atoms with Crippen molar-refractivity contribution in [1.82, 2.24) is 5.01 Å². The van der Waals surface area contributed by atoms with Gasteiger partial charge < -0.3 is 9.47 Å². The Morgan fingerprint density at radius 3 is 2.44 bits per heavy atom. The van der Waals surface area contributed by atoms with Crippen molar-refractivity contribution in [2.24, 2.45) is 16.9 Å². The first-order chi connectivity index (χ1) is 17.3. The van der Waals surface area contributed by atoms with Crippen molar-refractivity contribution in [2.75, 3.05) is 19.1 Å². The maximum absolute atomic E-state index is 13.8. The predicted molar refractivity (Wildman–Crippen MR) is 128 cm³/mol. The molecule has 11 heteroatoms. The van der Waals surface area contributed by atoms with E-state index < -0.39 is 46.4 Å². The number of carbonyl (C=O) groups is 3. The van der Waals surface area contributed by atoms with Gasteiger partial charge in [-0.3, -0.25) is 29.5 Å². The summed E-state index contributed by atoms with van der Waals surface area (Å²) in [7, 11) is 2.93. The van der Waals surface area contributed by atoms with Crippen molar-refractivity contribution < 1.29 is 28.8 Å². The van der Waals surface area contributed by atoms with Gasteiger partial charge in [0.2, 0.25) is 11.8 Å². The number of fused-ring (bicyclic) bond motifs is 3. The Balaban J connectivity index is 1.59. The average molecular weight is 490 g/mol. The van der Waals surface area contributed by atoms with Gasteiger partial charge in [-0.25, -0.2) is 4.90 Å². The third-order valence-electron chi connectivity index (χ3n) is 6.87. The van der Waals surface area contributed by atoms with Crippen molar-refractivity contribution in [3.63, 3.8) is 0 Å². The summed E-state index contributed by atoms with van der Waals surface area (Å²) >= 11 is 0. The number of hydrazone groups is 1. The minimum Gasteiger partial charge on any atom is -0.493 e. The fraction of sp³-hybridized carbons (Fsp3) is 0.280. The molecule has 11 nitrogen and oxygen atoms in total. The number of nitro groups is 1. The lowest BCUT2D eigenvalue weighted by Crippen LogP contribution is -2.46. The van der Waals surface area contributed by atoms with E-state index in [9.17, 15) is 24.5 Å². The second-order valence-electron chi connectivity index (χ2n) is 8.69. The number of rotatable bonds is 6. The largest absolute Gasteiger partial charge is 0.493 e. The first kappa shape index (κ1) is 23.2. The van der Waals surface area contributed by atoms with Crippen LogP contribution in [0.1, 0.15) is 15.9 Å². The van der Waals surface area contributed by atoms with Gasteiger partial charge in [0.15, 0.2) is 17.3 Å². The molecule has 2 amide bonds. The smallest absolute Gasteiger partial charge is 0.271 e. The van der Waals surface area contributed by atoms with Crippen LogP contribution in [0.25, 0.3) is 0 Å². The molecule has 0 radical (unpaired) electrons. The first-order valence-electron chi connectivity index (χ1n) is 11.2. The Hall–Kier alpha value is -4.54. The number of carbonyl (C=O) groups excluding carboxylic acids is 3. The van der Waals surface area contributed by atoms with E-state index in [0.29, 0.717) is 17.1 Å². The fourth-order valence-electron chi connectivity index (χ4n) is 5.19. The zero-order chi connectivity index (χ0) is 25.7. The molecule has 2 fully saturated rings. The van der Waals surface area contributed by atoms with Gasteiger partial charge >= 0.3 is 0 Å². The van der Waals surface area contributed by atoms with E-state index in [1.165, 1.54) is 49.7 Å². The molecule has 5 rings (SSSR count). The van der Waals surface area contributed by atoms with E-state index in [2.05, 4.69) is 5.10 Å². The van der Waals surface area contributed by atoms with Gasteiger partial charge in [0, 0.05) is 23.9 Å². The molecule has 0 bridgehead atoms. The van der Waals surface area contributed by atoms with Gasteiger partial charge in [-0.15, -0.1) is 0 Å². The molecule has 3 heterocycles. The van der Waals surface area contributed by atoms with E-state index in [1.54, 1.807) is 31.2 Å². The van der Waals surface area contributed by atoms with Gasteiger partial charge in [-0.1, -0.05) is 12.1 Å².